The second-order valence-corrected chi connectivity index (χ2v) is 8.52. The van der Waals surface area contributed by atoms with Gasteiger partial charge in [0, 0.05) is 56.8 Å². The van der Waals surface area contributed by atoms with Crippen LogP contribution < -0.4 is 10.2 Å². The number of hydrogen-bond donors (Lipinski definition) is 1. The molecule has 2 aliphatic rings. The van der Waals surface area contributed by atoms with E-state index < -0.39 is 0 Å². The van der Waals surface area contributed by atoms with Crippen molar-refractivity contribution in [2.24, 2.45) is 0 Å². The van der Waals surface area contributed by atoms with Gasteiger partial charge in [-0.1, -0.05) is 25.1 Å². The predicted octanol–water partition coefficient (Wildman–Crippen LogP) is 3.34. The van der Waals surface area contributed by atoms with E-state index in [2.05, 4.69) is 57.3 Å². The zero-order valence-corrected chi connectivity index (χ0v) is 18.1. The SMILES string of the molecule is CCN1CCN(CCCNCc2cc3ccccc3nc2N2CCCCC2)CC1. The molecule has 0 atom stereocenters. The Labute approximate surface area is 176 Å². The Bertz CT molecular complexity index is 763. The van der Waals surface area contributed by atoms with Crippen LogP contribution >= 0.6 is 0 Å². The van der Waals surface area contributed by atoms with Crippen molar-refractivity contribution in [3.8, 4) is 0 Å². The Morgan fingerprint density at radius 2 is 1.69 bits per heavy atom. The average Bonchev–Trinajstić information content (AvgIpc) is 2.79. The van der Waals surface area contributed by atoms with Gasteiger partial charge in [-0.2, -0.15) is 0 Å². The van der Waals surface area contributed by atoms with Gasteiger partial charge in [-0.25, -0.2) is 4.98 Å². The molecular formula is C24H37N5. The standard InChI is InChI=1S/C24H37N5/c1-2-27-15-17-28(18-16-27)12-8-11-25-20-22-19-21-9-4-5-10-23(21)26-24(22)29-13-6-3-7-14-29/h4-5,9-10,19,25H,2-3,6-8,11-18,20H2,1H3. The number of rotatable bonds is 8. The normalized spacial score (nSPS) is 19.1. The predicted molar refractivity (Wildman–Crippen MR) is 123 cm³/mol. The molecule has 3 heterocycles. The molecule has 2 aliphatic heterocycles. The summed E-state index contributed by atoms with van der Waals surface area (Å²) >= 11 is 0. The highest BCUT2D eigenvalue weighted by molar-refractivity contribution is 5.81. The van der Waals surface area contributed by atoms with E-state index in [0.717, 1.165) is 31.7 Å². The molecule has 0 aliphatic carbocycles. The first kappa shape index (κ1) is 20.6. The van der Waals surface area contributed by atoms with Crippen LogP contribution in [0.25, 0.3) is 10.9 Å². The Morgan fingerprint density at radius 3 is 2.48 bits per heavy atom. The molecule has 4 rings (SSSR count). The van der Waals surface area contributed by atoms with E-state index in [1.54, 1.807) is 0 Å². The Hall–Kier alpha value is -1.69. The second-order valence-electron chi connectivity index (χ2n) is 8.52. The van der Waals surface area contributed by atoms with Gasteiger partial charge in [-0.15, -0.1) is 0 Å². The first-order valence-electron chi connectivity index (χ1n) is 11.6. The lowest BCUT2D eigenvalue weighted by Crippen LogP contribution is -2.46. The van der Waals surface area contributed by atoms with Crippen molar-refractivity contribution < 1.29 is 0 Å². The number of nitrogens with zero attached hydrogens (tertiary/aromatic N) is 4. The van der Waals surface area contributed by atoms with E-state index in [0.29, 0.717) is 0 Å². The maximum absolute atomic E-state index is 5.06. The van der Waals surface area contributed by atoms with Crippen molar-refractivity contribution in [1.82, 2.24) is 20.1 Å². The summed E-state index contributed by atoms with van der Waals surface area (Å²) in [6, 6.07) is 10.9. The van der Waals surface area contributed by atoms with Crippen molar-refractivity contribution in [2.45, 2.75) is 39.2 Å². The molecule has 2 saturated heterocycles. The van der Waals surface area contributed by atoms with Crippen LogP contribution in [-0.2, 0) is 6.54 Å². The lowest BCUT2D eigenvalue weighted by molar-refractivity contribution is 0.136. The van der Waals surface area contributed by atoms with Gasteiger partial charge in [-0.05, 0) is 57.5 Å². The highest BCUT2D eigenvalue weighted by atomic mass is 15.3. The van der Waals surface area contributed by atoms with E-state index >= 15 is 0 Å². The summed E-state index contributed by atoms with van der Waals surface area (Å²) in [5, 5.41) is 4.95. The lowest BCUT2D eigenvalue weighted by Gasteiger charge is -2.34. The maximum atomic E-state index is 5.06. The third-order valence-corrected chi connectivity index (χ3v) is 6.49. The molecular weight excluding hydrogens is 358 g/mol. The van der Waals surface area contributed by atoms with Gasteiger partial charge < -0.3 is 20.0 Å². The molecule has 29 heavy (non-hydrogen) atoms. The van der Waals surface area contributed by atoms with Crippen LogP contribution in [0.3, 0.4) is 0 Å². The lowest BCUT2D eigenvalue weighted by atomic mass is 10.1. The van der Waals surface area contributed by atoms with Crippen molar-refractivity contribution in [2.75, 3.05) is 63.8 Å². The summed E-state index contributed by atoms with van der Waals surface area (Å²) in [5.74, 6) is 1.20. The minimum Gasteiger partial charge on any atom is -0.356 e. The molecule has 0 radical (unpaired) electrons. The summed E-state index contributed by atoms with van der Waals surface area (Å²) in [6.07, 6.45) is 5.13. The number of para-hydroxylation sites is 1. The molecule has 0 bridgehead atoms. The third kappa shape index (κ3) is 5.47. The summed E-state index contributed by atoms with van der Waals surface area (Å²) in [6.45, 7) is 13.8. The van der Waals surface area contributed by atoms with Crippen molar-refractivity contribution in [1.29, 1.82) is 0 Å². The van der Waals surface area contributed by atoms with Crippen molar-refractivity contribution in [3.63, 3.8) is 0 Å². The minimum atomic E-state index is 0.910. The topological polar surface area (TPSA) is 34.6 Å². The van der Waals surface area contributed by atoms with Crippen LogP contribution in [0.2, 0.25) is 0 Å². The number of fused-ring (bicyclic) bond motifs is 1. The number of nitrogens with one attached hydrogen (secondary N) is 1. The van der Waals surface area contributed by atoms with Crippen molar-refractivity contribution in [3.05, 3.63) is 35.9 Å². The molecule has 158 valence electrons. The van der Waals surface area contributed by atoms with E-state index in [4.69, 9.17) is 4.98 Å². The molecule has 2 fully saturated rings. The van der Waals surface area contributed by atoms with Gasteiger partial charge >= 0.3 is 0 Å². The summed E-state index contributed by atoms with van der Waals surface area (Å²) in [5.41, 5.74) is 2.46. The van der Waals surface area contributed by atoms with Crippen LogP contribution in [0.15, 0.2) is 30.3 Å². The van der Waals surface area contributed by atoms with Crippen LogP contribution in [0.5, 0.6) is 0 Å². The molecule has 1 N–H and O–H groups in total. The number of piperidine rings is 1. The molecule has 1 aromatic heterocycles. The monoisotopic (exact) mass is 395 g/mol. The molecule has 5 nitrogen and oxygen atoms in total. The number of anilines is 1. The zero-order valence-electron chi connectivity index (χ0n) is 18.1. The summed E-state index contributed by atoms with van der Waals surface area (Å²) < 4.78 is 0. The van der Waals surface area contributed by atoms with Gasteiger partial charge in [0.15, 0.2) is 0 Å². The number of likely N-dealkylation sites (N-methyl/N-ethyl adjacent to an activating group) is 1. The second kappa shape index (κ2) is 10.4. The van der Waals surface area contributed by atoms with E-state index in [9.17, 15) is 0 Å². The summed E-state index contributed by atoms with van der Waals surface area (Å²) in [4.78, 5) is 12.7. The fraction of sp³-hybridized carbons (Fsp3) is 0.625. The molecule has 0 saturated carbocycles. The number of piperazine rings is 1. The zero-order chi connectivity index (χ0) is 19.9. The summed E-state index contributed by atoms with van der Waals surface area (Å²) in [7, 11) is 0. The van der Waals surface area contributed by atoms with Gasteiger partial charge in [0.05, 0.1) is 5.52 Å². The molecule has 2 aromatic rings. The maximum Gasteiger partial charge on any atom is 0.133 e. The Balaban J connectivity index is 1.32. The number of pyridine rings is 1. The smallest absolute Gasteiger partial charge is 0.133 e. The minimum absolute atomic E-state index is 0.910. The quantitative estimate of drug-likeness (QED) is 0.694. The largest absolute Gasteiger partial charge is 0.356 e. The fourth-order valence-electron chi connectivity index (χ4n) is 4.64. The first-order valence-corrected chi connectivity index (χ1v) is 11.6. The highest BCUT2D eigenvalue weighted by Crippen LogP contribution is 2.26. The van der Waals surface area contributed by atoms with Gasteiger partial charge in [0.2, 0.25) is 0 Å². The van der Waals surface area contributed by atoms with E-state index in [1.807, 2.05) is 0 Å². The van der Waals surface area contributed by atoms with Crippen molar-refractivity contribution >= 4 is 16.7 Å². The van der Waals surface area contributed by atoms with Crippen LogP contribution in [0, 0.1) is 0 Å². The van der Waals surface area contributed by atoms with Crippen LogP contribution in [0.4, 0.5) is 5.82 Å². The van der Waals surface area contributed by atoms with Gasteiger partial charge in [0.1, 0.15) is 5.82 Å². The molecule has 0 amide bonds. The number of aromatic nitrogens is 1. The molecule has 0 unspecified atom stereocenters. The number of hydrogen-bond acceptors (Lipinski definition) is 5. The Morgan fingerprint density at radius 1 is 0.931 bits per heavy atom. The molecule has 0 spiro atoms. The number of benzene rings is 1. The average molecular weight is 396 g/mol. The highest BCUT2D eigenvalue weighted by Gasteiger charge is 2.17. The Kier molecular flexibility index (Phi) is 7.36. The van der Waals surface area contributed by atoms with E-state index in [-0.39, 0.29) is 0 Å². The molecule has 5 heteroatoms. The molecule has 1 aromatic carbocycles. The van der Waals surface area contributed by atoms with Crippen LogP contribution in [-0.4, -0.2) is 73.7 Å². The van der Waals surface area contributed by atoms with Gasteiger partial charge in [0.25, 0.3) is 0 Å². The van der Waals surface area contributed by atoms with Gasteiger partial charge in [-0.3, -0.25) is 0 Å². The first-order chi connectivity index (χ1) is 14.3. The third-order valence-electron chi connectivity index (χ3n) is 6.49. The van der Waals surface area contributed by atoms with Crippen LogP contribution in [0.1, 0.15) is 38.2 Å². The fourth-order valence-corrected chi connectivity index (χ4v) is 4.64. The van der Waals surface area contributed by atoms with E-state index in [1.165, 1.54) is 81.7 Å².